The van der Waals surface area contributed by atoms with E-state index in [1.165, 1.54) is 6.07 Å². The number of carboxylic acids is 1. The predicted octanol–water partition coefficient (Wildman–Crippen LogP) is 4.04. The van der Waals surface area contributed by atoms with Crippen molar-refractivity contribution in [3.63, 3.8) is 0 Å². The summed E-state index contributed by atoms with van der Waals surface area (Å²) in [4.78, 5) is 10.8. The average Bonchev–Trinajstić information content (AvgIpc) is 2.52. The number of nitrogens with one attached hydrogen (secondary N) is 1. The smallest absolute Gasteiger partial charge is 0.303 e. The van der Waals surface area contributed by atoms with Crippen molar-refractivity contribution in [2.75, 3.05) is 0 Å². The molecular weight excluding hydrogens is 317 g/mol. The lowest BCUT2D eigenvalue weighted by Gasteiger charge is -2.19. The molecule has 2 aromatic rings. The van der Waals surface area contributed by atoms with Gasteiger partial charge in [-0.2, -0.15) is 0 Å². The molecule has 2 aromatic carbocycles. The molecule has 0 saturated heterocycles. The van der Waals surface area contributed by atoms with Crippen molar-refractivity contribution >= 4 is 17.6 Å². The normalized spacial score (nSPS) is 12.1. The van der Waals surface area contributed by atoms with E-state index < -0.39 is 5.97 Å². The highest BCUT2D eigenvalue weighted by molar-refractivity contribution is 6.31. The minimum absolute atomic E-state index is 0.0650. The Morgan fingerprint density at radius 1 is 1.17 bits per heavy atom. The monoisotopic (exact) mass is 335 g/mol. The Balaban J connectivity index is 2.03. The zero-order valence-electron chi connectivity index (χ0n) is 12.6. The fourth-order valence-electron chi connectivity index (χ4n) is 2.42. The van der Waals surface area contributed by atoms with Gasteiger partial charge in [-0.3, -0.25) is 4.79 Å². The molecule has 3 nitrogen and oxygen atoms in total. The van der Waals surface area contributed by atoms with Crippen molar-refractivity contribution in [2.24, 2.45) is 0 Å². The molecule has 0 heterocycles. The van der Waals surface area contributed by atoms with Gasteiger partial charge in [0, 0.05) is 29.6 Å². The van der Waals surface area contributed by atoms with Crippen LogP contribution in [-0.4, -0.2) is 17.1 Å². The van der Waals surface area contributed by atoms with Crippen LogP contribution in [-0.2, 0) is 17.8 Å². The number of benzene rings is 2. The van der Waals surface area contributed by atoms with E-state index in [4.69, 9.17) is 16.7 Å². The highest BCUT2D eigenvalue weighted by Crippen LogP contribution is 2.19. The van der Waals surface area contributed by atoms with Gasteiger partial charge in [-0.05, 0) is 30.5 Å². The van der Waals surface area contributed by atoms with Crippen LogP contribution in [0.2, 0.25) is 5.02 Å². The maximum absolute atomic E-state index is 13.8. The van der Waals surface area contributed by atoms with Gasteiger partial charge in [-0.1, -0.05) is 48.0 Å². The Morgan fingerprint density at radius 2 is 1.91 bits per heavy atom. The van der Waals surface area contributed by atoms with Gasteiger partial charge in [-0.25, -0.2) is 4.39 Å². The zero-order valence-corrected chi connectivity index (χ0v) is 13.4. The fraction of sp³-hybridized carbons (Fsp3) is 0.278. The lowest BCUT2D eigenvalue weighted by molar-refractivity contribution is -0.137. The molecule has 5 heteroatoms. The first-order valence-electron chi connectivity index (χ1n) is 7.48. The van der Waals surface area contributed by atoms with Gasteiger partial charge in [0.05, 0.1) is 0 Å². The third-order valence-electron chi connectivity index (χ3n) is 3.66. The Morgan fingerprint density at radius 3 is 2.57 bits per heavy atom. The molecule has 0 aliphatic heterocycles. The minimum Gasteiger partial charge on any atom is -0.481 e. The molecule has 1 atom stereocenters. The average molecular weight is 336 g/mol. The predicted molar refractivity (Wildman–Crippen MR) is 89.1 cm³/mol. The second-order valence-corrected chi connectivity index (χ2v) is 5.81. The van der Waals surface area contributed by atoms with Crippen LogP contribution in [0.5, 0.6) is 0 Å². The van der Waals surface area contributed by atoms with E-state index in [2.05, 4.69) is 5.32 Å². The van der Waals surface area contributed by atoms with E-state index in [0.717, 1.165) is 5.56 Å². The molecule has 0 aliphatic carbocycles. The summed E-state index contributed by atoms with van der Waals surface area (Å²) in [7, 11) is 0. The van der Waals surface area contributed by atoms with Crippen LogP contribution in [0.4, 0.5) is 4.39 Å². The second-order valence-electron chi connectivity index (χ2n) is 5.40. The summed E-state index contributed by atoms with van der Waals surface area (Å²) in [6.07, 6.45) is 1.21. The number of halogens is 2. The molecule has 2 N–H and O–H groups in total. The molecule has 23 heavy (non-hydrogen) atoms. The van der Waals surface area contributed by atoms with Gasteiger partial charge in [-0.15, -0.1) is 0 Å². The van der Waals surface area contributed by atoms with Gasteiger partial charge in [0.25, 0.3) is 0 Å². The van der Waals surface area contributed by atoms with Crippen molar-refractivity contribution in [3.05, 3.63) is 70.5 Å². The lowest BCUT2D eigenvalue weighted by atomic mass is 10.0. The number of carboxylic acid groups (broad SMARTS) is 1. The summed E-state index contributed by atoms with van der Waals surface area (Å²) in [6, 6.07) is 14.3. The summed E-state index contributed by atoms with van der Waals surface area (Å²) in [5.41, 5.74) is 1.51. The van der Waals surface area contributed by atoms with E-state index in [0.29, 0.717) is 23.4 Å². The summed E-state index contributed by atoms with van der Waals surface area (Å²) >= 11 is 6.03. The summed E-state index contributed by atoms with van der Waals surface area (Å²) in [5.74, 6) is -1.20. The summed E-state index contributed by atoms with van der Waals surface area (Å²) in [5, 5.41) is 12.5. The van der Waals surface area contributed by atoms with E-state index in [-0.39, 0.29) is 24.8 Å². The first-order chi connectivity index (χ1) is 11.1. The topological polar surface area (TPSA) is 49.3 Å². The largest absolute Gasteiger partial charge is 0.481 e. The van der Waals surface area contributed by atoms with Crippen LogP contribution in [0.3, 0.4) is 0 Å². The molecule has 0 radical (unpaired) electrons. The second kappa shape index (κ2) is 8.65. The van der Waals surface area contributed by atoms with Gasteiger partial charge in [0.15, 0.2) is 0 Å². The summed E-state index contributed by atoms with van der Waals surface area (Å²) in [6.45, 7) is 0.266. The van der Waals surface area contributed by atoms with Crippen molar-refractivity contribution in [2.45, 2.75) is 31.8 Å². The third kappa shape index (κ3) is 5.66. The van der Waals surface area contributed by atoms with Gasteiger partial charge in [0.1, 0.15) is 5.82 Å². The summed E-state index contributed by atoms with van der Waals surface area (Å²) < 4.78 is 13.8. The molecule has 2 rings (SSSR count). The highest BCUT2D eigenvalue weighted by Gasteiger charge is 2.14. The van der Waals surface area contributed by atoms with Crippen molar-refractivity contribution in [1.82, 2.24) is 5.32 Å². The van der Waals surface area contributed by atoms with Gasteiger partial charge >= 0.3 is 5.97 Å². The molecular formula is C18H19ClFNO2. The number of carbonyl (C=O) groups is 1. The Hall–Kier alpha value is -1.91. The van der Waals surface area contributed by atoms with Crippen molar-refractivity contribution in [1.29, 1.82) is 0 Å². The molecule has 1 unspecified atom stereocenters. The molecule has 0 aliphatic rings. The lowest BCUT2D eigenvalue weighted by Crippen LogP contribution is -2.31. The van der Waals surface area contributed by atoms with Crippen LogP contribution in [0.25, 0.3) is 0 Å². The first kappa shape index (κ1) is 17.4. The third-order valence-corrected chi connectivity index (χ3v) is 4.01. The Kier molecular flexibility index (Phi) is 6.56. The standard InChI is InChI=1S/C18H19ClFNO2/c19-16-7-4-8-17(20)15(16)12-21-14(9-10-18(22)23)11-13-5-2-1-3-6-13/h1-8,14,21H,9-12H2,(H,22,23). The molecule has 0 bridgehead atoms. The molecule has 0 spiro atoms. The number of hydrogen-bond acceptors (Lipinski definition) is 2. The van der Waals surface area contributed by atoms with Crippen LogP contribution in [0.1, 0.15) is 24.0 Å². The maximum Gasteiger partial charge on any atom is 0.303 e. The number of aliphatic carboxylic acids is 1. The minimum atomic E-state index is -0.839. The van der Waals surface area contributed by atoms with Crippen molar-refractivity contribution in [3.8, 4) is 0 Å². The first-order valence-corrected chi connectivity index (χ1v) is 7.86. The number of hydrogen-bond donors (Lipinski definition) is 2. The van der Waals surface area contributed by atoms with Crippen LogP contribution in [0, 0.1) is 5.82 Å². The highest BCUT2D eigenvalue weighted by atomic mass is 35.5. The molecule has 0 saturated carbocycles. The molecule has 0 fully saturated rings. The van der Waals surface area contributed by atoms with Gasteiger partial charge < -0.3 is 10.4 Å². The Labute approximate surface area is 140 Å². The maximum atomic E-state index is 13.8. The van der Waals surface area contributed by atoms with E-state index >= 15 is 0 Å². The zero-order chi connectivity index (χ0) is 16.7. The number of rotatable bonds is 8. The van der Waals surface area contributed by atoms with E-state index in [1.54, 1.807) is 12.1 Å². The van der Waals surface area contributed by atoms with Crippen LogP contribution < -0.4 is 5.32 Å². The SMILES string of the molecule is O=C(O)CCC(Cc1ccccc1)NCc1c(F)cccc1Cl. The fourth-order valence-corrected chi connectivity index (χ4v) is 2.65. The van der Waals surface area contributed by atoms with Crippen LogP contribution in [0.15, 0.2) is 48.5 Å². The van der Waals surface area contributed by atoms with Crippen LogP contribution >= 0.6 is 11.6 Å². The van der Waals surface area contributed by atoms with Gasteiger partial charge in [0.2, 0.25) is 0 Å². The quantitative estimate of drug-likeness (QED) is 0.765. The molecule has 0 amide bonds. The van der Waals surface area contributed by atoms with E-state index in [1.807, 2.05) is 30.3 Å². The molecule has 0 aromatic heterocycles. The Bertz CT molecular complexity index is 628. The van der Waals surface area contributed by atoms with E-state index in [9.17, 15) is 9.18 Å². The van der Waals surface area contributed by atoms with Crippen molar-refractivity contribution < 1.29 is 14.3 Å². The molecule has 122 valence electrons.